The highest BCUT2D eigenvalue weighted by Gasteiger charge is 2.35. The van der Waals surface area contributed by atoms with Gasteiger partial charge in [-0.2, -0.15) is 0 Å². The number of aryl methyl sites for hydroxylation is 1. The summed E-state index contributed by atoms with van der Waals surface area (Å²) in [5, 5.41) is 1.03. The Morgan fingerprint density at radius 3 is 2.68 bits per heavy atom. The lowest BCUT2D eigenvalue weighted by atomic mass is 9.95. The molecule has 5 rings (SSSR count). The van der Waals surface area contributed by atoms with Gasteiger partial charge in [-0.25, -0.2) is 9.79 Å². The number of esters is 1. The molecule has 0 spiro atoms. The number of nitrogens with zero attached hydrogens (tertiary/aromatic N) is 2. The van der Waals surface area contributed by atoms with Crippen LogP contribution in [0.5, 0.6) is 11.5 Å². The monoisotopic (exact) mass is 517 g/mol. The number of ether oxygens (including phenoxy) is 3. The predicted molar refractivity (Wildman–Crippen MR) is 143 cm³/mol. The van der Waals surface area contributed by atoms with Crippen molar-refractivity contribution in [1.29, 1.82) is 0 Å². The number of para-hydroxylation sites is 1. The number of nitrogens with one attached hydrogen (secondary N) is 1. The Balaban J connectivity index is 1.78. The first-order valence-electron chi connectivity index (χ1n) is 11.9. The summed E-state index contributed by atoms with van der Waals surface area (Å²) in [6, 6.07) is 12.5. The summed E-state index contributed by atoms with van der Waals surface area (Å²) < 4.78 is 18.5. The number of H-pyrrole nitrogens is 1. The average Bonchev–Trinajstić information content (AvgIpc) is 3.38. The van der Waals surface area contributed by atoms with Gasteiger partial charge in [-0.1, -0.05) is 29.5 Å². The second-order valence-electron chi connectivity index (χ2n) is 8.62. The van der Waals surface area contributed by atoms with Gasteiger partial charge in [-0.3, -0.25) is 9.36 Å². The highest BCUT2D eigenvalue weighted by molar-refractivity contribution is 7.07. The van der Waals surface area contributed by atoms with Crippen LogP contribution in [-0.2, 0) is 9.53 Å². The molecule has 0 radical (unpaired) electrons. The van der Waals surface area contributed by atoms with Gasteiger partial charge in [0.1, 0.15) is 17.5 Å². The molecule has 0 unspecified atom stereocenters. The summed E-state index contributed by atoms with van der Waals surface area (Å²) in [5.41, 5.74) is 4.09. The molecule has 8 nitrogen and oxygen atoms in total. The first-order valence-corrected chi connectivity index (χ1v) is 12.7. The van der Waals surface area contributed by atoms with Crippen LogP contribution >= 0.6 is 11.3 Å². The Labute approximate surface area is 217 Å². The summed E-state index contributed by atoms with van der Waals surface area (Å²) in [7, 11) is 3.11. The van der Waals surface area contributed by atoms with Gasteiger partial charge in [-0.15, -0.1) is 0 Å². The smallest absolute Gasteiger partial charge is 0.338 e. The van der Waals surface area contributed by atoms with Gasteiger partial charge in [0.15, 0.2) is 4.80 Å². The van der Waals surface area contributed by atoms with E-state index in [0.29, 0.717) is 37.7 Å². The minimum absolute atomic E-state index is 0.201. The molecule has 4 aromatic rings. The number of rotatable bonds is 6. The predicted octanol–water partition coefficient (Wildman–Crippen LogP) is 3.61. The standard InChI is InChI=1S/C28H27N3O5S/c1-6-36-27(33)24-16(3)30-28-31(25(24)19-12-11-17(34-4)13-22(19)35-5)26(32)23(37-28)14-20-15(2)29-21-10-8-7-9-18(20)21/h7-14,25,29H,6H2,1-5H3/b23-14-/t25-/m0/s1. The fraction of sp³-hybridized carbons (Fsp3) is 0.250. The molecule has 0 bridgehead atoms. The largest absolute Gasteiger partial charge is 0.497 e. The van der Waals surface area contributed by atoms with Crippen molar-refractivity contribution in [3.8, 4) is 11.5 Å². The SMILES string of the molecule is CCOC(=O)C1=C(C)N=c2s/c(=C\c3c(C)[nH]c4ccccc34)c(=O)n2[C@H]1c1ccc(OC)cc1OC. The number of benzene rings is 2. The van der Waals surface area contributed by atoms with E-state index in [4.69, 9.17) is 14.2 Å². The number of aromatic amines is 1. The molecule has 9 heteroatoms. The third kappa shape index (κ3) is 4.15. The number of aromatic nitrogens is 2. The molecular weight excluding hydrogens is 490 g/mol. The van der Waals surface area contributed by atoms with Gasteiger partial charge in [0.25, 0.3) is 5.56 Å². The van der Waals surface area contributed by atoms with E-state index in [1.165, 1.54) is 11.3 Å². The molecule has 1 aliphatic heterocycles. The molecule has 2 aromatic carbocycles. The van der Waals surface area contributed by atoms with E-state index in [-0.39, 0.29) is 12.2 Å². The van der Waals surface area contributed by atoms with Crippen LogP contribution in [-0.4, -0.2) is 36.3 Å². The number of hydrogen-bond donors (Lipinski definition) is 1. The molecule has 0 fully saturated rings. The molecule has 1 N–H and O–H groups in total. The first-order chi connectivity index (χ1) is 17.9. The van der Waals surface area contributed by atoms with Crippen LogP contribution < -0.4 is 24.4 Å². The lowest BCUT2D eigenvalue weighted by molar-refractivity contribution is -0.139. The van der Waals surface area contributed by atoms with Crippen molar-refractivity contribution >= 4 is 34.3 Å². The lowest BCUT2D eigenvalue weighted by Gasteiger charge is -2.26. The van der Waals surface area contributed by atoms with Gasteiger partial charge >= 0.3 is 5.97 Å². The van der Waals surface area contributed by atoms with Crippen LogP contribution in [0.15, 0.2) is 63.5 Å². The topological polar surface area (TPSA) is 94.9 Å². The highest BCUT2D eigenvalue weighted by Crippen LogP contribution is 2.37. The summed E-state index contributed by atoms with van der Waals surface area (Å²) >= 11 is 1.29. The summed E-state index contributed by atoms with van der Waals surface area (Å²) in [4.78, 5) is 35.7. The minimum atomic E-state index is -0.776. The molecule has 1 atom stereocenters. The van der Waals surface area contributed by atoms with Crippen LogP contribution in [0.2, 0.25) is 0 Å². The van der Waals surface area contributed by atoms with Gasteiger partial charge < -0.3 is 19.2 Å². The number of methoxy groups -OCH3 is 2. The second-order valence-corrected chi connectivity index (χ2v) is 9.63. The van der Waals surface area contributed by atoms with Crippen molar-refractivity contribution in [3.63, 3.8) is 0 Å². The van der Waals surface area contributed by atoms with E-state index < -0.39 is 12.0 Å². The maximum absolute atomic E-state index is 14.0. The third-order valence-electron chi connectivity index (χ3n) is 6.47. The van der Waals surface area contributed by atoms with Crippen LogP contribution in [0.1, 0.15) is 36.7 Å². The van der Waals surface area contributed by atoms with Crippen LogP contribution in [0, 0.1) is 6.92 Å². The molecule has 0 amide bonds. The molecule has 190 valence electrons. The Hall–Kier alpha value is -4.11. The number of carbonyl (C=O) groups is 1. The maximum atomic E-state index is 14.0. The molecule has 0 aliphatic carbocycles. The number of carbonyl (C=O) groups excluding carboxylic acids is 1. The van der Waals surface area contributed by atoms with Crippen molar-refractivity contribution in [2.45, 2.75) is 26.8 Å². The second kappa shape index (κ2) is 9.74. The summed E-state index contributed by atoms with van der Waals surface area (Å²) in [6.45, 7) is 5.69. The van der Waals surface area contributed by atoms with Crippen molar-refractivity contribution in [1.82, 2.24) is 9.55 Å². The Bertz CT molecular complexity index is 1740. The molecule has 3 heterocycles. The van der Waals surface area contributed by atoms with Crippen molar-refractivity contribution in [2.75, 3.05) is 20.8 Å². The van der Waals surface area contributed by atoms with Gasteiger partial charge in [0, 0.05) is 33.8 Å². The minimum Gasteiger partial charge on any atom is -0.497 e. The first kappa shape index (κ1) is 24.6. The van der Waals surface area contributed by atoms with E-state index in [2.05, 4.69) is 9.98 Å². The summed E-state index contributed by atoms with van der Waals surface area (Å²) in [5.74, 6) is 0.567. The van der Waals surface area contributed by atoms with E-state index in [1.54, 1.807) is 50.8 Å². The quantitative estimate of drug-likeness (QED) is 0.395. The van der Waals surface area contributed by atoms with Crippen LogP contribution in [0.4, 0.5) is 0 Å². The fourth-order valence-corrected chi connectivity index (χ4v) is 5.77. The Kier molecular flexibility index (Phi) is 6.47. The van der Waals surface area contributed by atoms with Crippen molar-refractivity contribution in [3.05, 3.63) is 90.2 Å². The molecular formula is C28H27N3O5S. The lowest BCUT2D eigenvalue weighted by Crippen LogP contribution is -2.40. The zero-order valence-electron chi connectivity index (χ0n) is 21.2. The average molecular weight is 518 g/mol. The number of fused-ring (bicyclic) bond motifs is 2. The molecule has 1 aliphatic rings. The molecule has 0 saturated heterocycles. The van der Waals surface area contributed by atoms with Gasteiger partial charge in [-0.05, 0) is 45.0 Å². The number of allylic oxidation sites excluding steroid dienone is 1. The van der Waals surface area contributed by atoms with Crippen molar-refractivity contribution < 1.29 is 19.0 Å². The molecule has 2 aromatic heterocycles. The van der Waals surface area contributed by atoms with E-state index in [9.17, 15) is 9.59 Å². The van der Waals surface area contributed by atoms with Crippen molar-refractivity contribution in [2.24, 2.45) is 4.99 Å². The van der Waals surface area contributed by atoms with Gasteiger partial charge in [0.2, 0.25) is 0 Å². The van der Waals surface area contributed by atoms with E-state index in [0.717, 1.165) is 22.2 Å². The highest BCUT2D eigenvalue weighted by atomic mass is 32.1. The normalized spacial score (nSPS) is 15.5. The zero-order valence-corrected chi connectivity index (χ0v) is 22.1. The van der Waals surface area contributed by atoms with Crippen LogP contribution in [0.3, 0.4) is 0 Å². The number of thiazole rings is 1. The Morgan fingerprint density at radius 1 is 1.16 bits per heavy atom. The molecule has 37 heavy (non-hydrogen) atoms. The van der Waals surface area contributed by atoms with E-state index in [1.807, 2.05) is 37.3 Å². The Morgan fingerprint density at radius 2 is 1.95 bits per heavy atom. The zero-order chi connectivity index (χ0) is 26.3. The van der Waals surface area contributed by atoms with Gasteiger partial charge in [0.05, 0.1) is 36.6 Å². The molecule has 0 saturated carbocycles. The maximum Gasteiger partial charge on any atom is 0.338 e. The van der Waals surface area contributed by atoms with Crippen LogP contribution in [0.25, 0.3) is 17.0 Å². The van der Waals surface area contributed by atoms with E-state index >= 15 is 0 Å². The summed E-state index contributed by atoms with van der Waals surface area (Å²) in [6.07, 6.45) is 1.89. The third-order valence-corrected chi connectivity index (χ3v) is 7.45. The fourth-order valence-electron chi connectivity index (χ4n) is 4.75. The number of hydrogen-bond acceptors (Lipinski definition) is 7.